The minimum absolute atomic E-state index is 0.105. The molecule has 0 aliphatic heterocycles. The molecule has 10 heavy (non-hydrogen) atoms. The Morgan fingerprint density at radius 3 is 3.10 bits per heavy atom. The normalized spacial score (nSPS) is 8.70. The van der Waals surface area contributed by atoms with Gasteiger partial charge in [-0.2, -0.15) is 0 Å². The Labute approximate surface area is 58.8 Å². The van der Waals surface area contributed by atoms with Gasteiger partial charge in [-0.1, -0.05) is 5.92 Å². The summed E-state index contributed by atoms with van der Waals surface area (Å²) in [5.41, 5.74) is 0. The molecule has 2 nitrogen and oxygen atoms in total. The molecule has 50 valence electrons. The van der Waals surface area contributed by atoms with Gasteiger partial charge in [0.05, 0.1) is 12.7 Å². The lowest BCUT2D eigenvalue weighted by Gasteiger charge is -1.86. The summed E-state index contributed by atoms with van der Waals surface area (Å²) in [6.45, 7) is 0. The average Bonchev–Trinajstić information content (AvgIpc) is 2.38. The maximum Gasteiger partial charge on any atom is 0.209 e. The van der Waals surface area contributed by atoms with Crippen molar-refractivity contribution in [2.75, 3.05) is 0 Å². The molecule has 1 aromatic heterocycles. The Hall–Kier alpha value is -1.49. The SMILES string of the molecule is C#CCC(=O)c1ccco1. The highest BCUT2D eigenvalue weighted by Crippen LogP contribution is 2.02. The van der Waals surface area contributed by atoms with Crippen molar-refractivity contribution < 1.29 is 9.21 Å². The van der Waals surface area contributed by atoms with Crippen molar-refractivity contribution in [3.05, 3.63) is 24.2 Å². The molecule has 0 atom stereocenters. The molecule has 0 aromatic carbocycles. The van der Waals surface area contributed by atoms with Gasteiger partial charge in [0.1, 0.15) is 0 Å². The Balaban J connectivity index is 2.71. The van der Waals surface area contributed by atoms with E-state index >= 15 is 0 Å². The Bertz CT molecular complexity index is 251. The maximum absolute atomic E-state index is 10.9. The first-order chi connectivity index (χ1) is 4.84. The number of rotatable bonds is 2. The van der Waals surface area contributed by atoms with E-state index in [1.54, 1.807) is 12.1 Å². The summed E-state index contributed by atoms with van der Waals surface area (Å²) < 4.78 is 4.80. The molecule has 0 fully saturated rings. The van der Waals surface area contributed by atoms with Gasteiger partial charge < -0.3 is 4.42 Å². The average molecular weight is 134 g/mol. The number of carbonyl (C=O) groups is 1. The lowest BCUT2D eigenvalue weighted by atomic mass is 10.2. The van der Waals surface area contributed by atoms with Crippen LogP contribution in [0.4, 0.5) is 0 Å². The van der Waals surface area contributed by atoms with Crippen molar-refractivity contribution >= 4 is 5.78 Å². The number of ketones is 1. The summed E-state index contributed by atoms with van der Waals surface area (Å²) in [5, 5.41) is 0. The standard InChI is InChI=1S/C8H6O2/c1-2-4-7(9)8-5-3-6-10-8/h1,3,5-6H,4H2. The summed E-state index contributed by atoms with van der Waals surface area (Å²) in [6.07, 6.45) is 6.48. The zero-order chi connectivity index (χ0) is 7.40. The van der Waals surface area contributed by atoms with Gasteiger partial charge in [0.2, 0.25) is 5.78 Å². The van der Waals surface area contributed by atoms with Crippen LogP contribution in [0.2, 0.25) is 0 Å². The van der Waals surface area contributed by atoms with Crippen LogP contribution in [0.3, 0.4) is 0 Å². The fourth-order valence-corrected chi connectivity index (χ4v) is 0.617. The van der Waals surface area contributed by atoms with Gasteiger partial charge in [-0.3, -0.25) is 4.79 Å². The topological polar surface area (TPSA) is 30.2 Å². The molecule has 0 saturated carbocycles. The van der Waals surface area contributed by atoms with Crippen LogP contribution in [0, 0.1) is 12.3 Å². The van der Waals surface area contributed by atoms with Crippen LogP contribution in [-0.2, 0) is 0 Å². The van der Waals surface area contributed by atoms with Gasteiger partial charge in [0, 0.05) is 0 Å². The van der Waals surface area contributed by atoms with E-state index in [0.29, 0.717) is 5.76 Å². The van der Waals surface area contributed by atoms with Crippen LogP contribution in [0.5, 0.6) is 0 Å². The van der Waals surface area contributed by atoms with Gasteiger partial charge in [0.15, 0.2) is 5.76 Å². The first-order valence-corrected chi connectivity index (χ1v) is 2.85. The van der Waals surface area contributed by atoms with Crippen LogP contribution in [-0.4, -0.2) is 5.78 Å². The largest absolute Gasteiger partial charge is 0.461 e. The molecule has 0 aliphatic rings. The molecule has 0 amide bonds. The summed E-state index contributed by atoms with van der Waals surface area (Å²) in [6, 6.07) is 3.25. The van der Waals surface area contributed by atoms with E-state index in [0.717, 1.165) is 0 Å². The predicted octanol–water partition coefficient (Wildman–Crippen LogP) is 1.49. The van der Waals surface area contributed by atoms with Crippen molar-refractivity contribution in [2.24, 2.45) is 0 Å². The Kier molecular flexibility index (Phi) is 1.91. The number of Topliss-reactive ketones (excluding diaryl/α,β-unsaturated/α-hetero) is 1. The second-order valence-corrected chi connectivity index (χ2v) is 1.78. The summed E-state index contributed by atoms with van der Waals surface area (Å²) in [4.78, 5) is 10.9. The number of terminal acetylenes is 1. The smallest absolute Gasteiger partial charge is 0.209 e. The quantitative estimate of drug-likeness (QED) is 0.453. The number of hydrogen-bond acceptors (Lipinski definition) is 2. The van der Waals surface area contributed by atoms with Gasteiger partial charge in [0.25, 0.3) is 0 Å². The molecule has 0 saturated heterocycles. The second kappa shape index (κ2) is 2.88. The van der Waals surface area contributed by atoms with E-state index in [-0.39, 0.29) is 12.2 Å². The molecule has 0 spiro atoms. The van der Waals surface area contributed by atoms with E-state index in [1.807, 2.05) is 0 Å². The van der Waals surface area contributed by atoms with Gasteiger partial charge in [-0.05, 0) is 12.1 Å². The molecule has 1 heterocycles. The fraction of sp³-hybridized carbons (Fsp3) is 0.125. The Morgan fingerprint density at radius 2 is 2.60 bits per heavy atom. The third kappa shape index (κ3) is 1.26. The first-order valence-electron chi connectivity index (χ1n) is 2.85. The maximum atomic E-state index is 10.9. The minimum Gasteiger partial charge on any atom is -0.461 e. The highest BCUT2D eigenvalue weighted by atomic mass is 16.3. The molecular weight excluding hydrogens is 128 g/mol. The molecule has 0 N–H and O–H groups in total. The zero-order valence-corrected chi connectivity index (χ0v) is 5.33. The van der Waals surface area contributed by atoms with Crippen LogP contribution in [0.15, 0.2) is 22.8 Å². The lowest BCUT2D eigenvalue weighted by Crippen LogP contribution is -1.93. The summed E-state index contributed by atoms with van der Waals surface area (Å²) in [5.74, 6) is 2.43. The van der Waals surface area contributed by atoms with Crippen molar-refractivity contribution in [3.8, 4) is 12.3 Å². The molecular formula is C8H6O2. The van der Waals surface area contributed by atoms with E-state index in [4.69, 9.17) is 10.8 Å². The third-order valence-corrected chi connectivity index (χ3v) is 1.06. The van der Waals surface area contributed by atoms with Gasteiger partial charge >= 0.3 is 0 Å². The second-order valence-electron chi connectivity index (χ2n) is 1.78. The van der Waals surface area contributed by atoms with Crippen molar-refractivity contribution in [3.63, 3.8) is 0 Å². The molecule has 0 aliphatic carbocycles. The number of hydrogen-bond donors (Lipinski definition) is 0. The molecule has 1 rings (SSSR count). The third-order valence-electron chi connectivity index (χ3n) is 1.06. The molecule has 0 unspecified atom stereocenters. The fourth-order valence-electron chi connectivity index (χ4n) is 0.617. The van der Waals surface area contributed by atoms with E-state index < -0.39 is 0 Å². The van der Waals surface area contributed by atoms with E-state index in [1.165, 1.54) is 6.26 Å². The minimum atomic E-state index is -0.146. The molecule has 2 heteroatoms. The molecule has 0 bridgehead atoms. The van der Waals surface area contributed by atoms with Crippen molar-refractivity contribution in [1.82, 2.24) is 0 Å². The summed E-state index contributed by atoms with van der Waals surface area (Å²) in [7, 11) is 0. The van der Waals surface area contributed by atoms with Crippen molar-refractivity contribution in [2.45, 2.75) is 6.42 Å². The predicted molar refractivity (Wildman–Crippen MR) is 36.5 cm³/mol. The zero-order valence-electron chi connectivity index (χ0n) is 5.33. The van der Waals surface area contributed by atoms with Gasteiger partial charge in [-0.15, -0.1) is 6.42 Å². The van der Waals surface area contributed by atoms with Crippen LogP contribution < -0.4 is 0 Å². The van der Waals surface area contributed by atoms with Crippen LogP contribution in [0.25, 0.3) is 0 Å². The van der Waals surface area contributed by atoms with Crippen LogP contribution in [0.1, 0.15) is 17.0 Å². The number of furan rings is 1. The van der Waals surface area contributed by atoms with E-state index in [9.17, 15) is 4.79 Å². The summed E-state index contributed by atoms with van der Waals surface area (Å²) >= 11 is 0. The monoisotopic (exact) mass is 134 g/mol. The lowest BCUT2D eigenvalue weighted by molar-refractivity contribution is 0.0972. The molecule has 0 radical (unpaired) electrons. The van der Waals surface area contributed by atoms with Gasteiger partial charge in [-0.25, -0.2) is 0 Å². The van der Waals surface area contributed by atoms with Crippen LogP contribution >= 0.6 is 0 Å². The highest BCUT2D eigenvalue weighted by Gasteiger charge is 2.04. The molecule has 1 aromatic rings. The van der Waals surface area contributed by atoms with Crippen molar-refractivity contribution in [1.29, 1.82) is 0 Å². The van der Waals surface area contributed by atoms with E-state index in [2.05, 4.69) is 5.92 Å². The first kappa shape index (κ1) is 6.63. The highest BCUT2D eigenvalue weighted by molar-refractivity contribution is 5.94. The number of carbonyl (C=O) groups excluding carboxylic acids is 1. The Morgan fingerprint density at radius 1 is 1.80 bits per heavy atom.